The summed E-state index contributed by atoms with van der Waals surface area (Å²) >= 11 is 11.2. The predicted molar refractivity (Wildman–Crippen MR) is 136 cm³/mol. The number of halogens is 2. The molecule has 0 saturated carbocycles. The molecule has 1 heterocycles. The van der Waals surface area contributed by atoms with Crippen molar-refractivity contribution in [2.45, 2.75) is 23.9 Å². The maximum Gasteiger partial charge on any atom is 0.220 e. The van der Waals surface area contributed by atoms with Crippen LogP contribution in [0.3, 0.4) is 0 Å². The van der Waals surface area contributed by atoms with Crippen LogP contribution in [0.2, 0.25) is 5.02 Å². The highest BCUT2D eigenvalue weighted by Gasteiger charge is 2.24. The van der Waals surface area contributed by atoms with Crippen molar-refractivity contribution >= 4 is 39.3 Å². The van der Waals surface area contributed by atoms with Gasteiger partial charge in [-0.1, -0.05) is 75.7 Å². The van der Waals surface area contributed by atoms with Crippen LogP contribution in [0.1, 0.15) is 22.2 Å². The summed E-state index contributed by atoms with van der Waals surface area (Å²) in [5, 5.41) is 20.4. The van der Waals surface area contributed by atoms with Gasteiger partial charge in [-0.25, -0.2) is 0 Å². The maximum atomic E-state index is 11.5. The van der Waals surface area contributed by atoms with Crippen LogP contribution < -0.4 is 4.74 Å². The minimum absolute atomic E-state index is 0.291. The minimum atomic E-state index is -0.515. The molecule has 3 aromatic carbocycles. The summed E-state index contributed by atoms with van der Waals surface area (Å²) in [5.41, 5.74) is 2.60. The average Bonchev–Trinajstić information content (AvgIpc) is 3.19. The largest absolute Gasteiger partial charge is 0.487 e. The molecule has 34 heavy (non-hydrogen) atoms. The Morgan fingerprint density at radius 2 is 1.85 bits per heavy atom. The fraction of sp³-hybridized carbons (Fsp3) is 0.167. The molecule has 1 atom stereocenters. The van der Waals surface area contributed by atoms with E-state index in [0.29, 0.717) is 33.9 Å². The molecule has 0 aliphatic heterocycles. The van der Waals surface area contributed by atoms with Crippen molar-refractivity contribution in [2.75, 3.05) is 6.54 Å². The van der Waals surface area contributed by atoms with Crippen LogP contribution in [0.25, 0.3) is 5.69 Å². The molecule has 0 bridgehead atoms. The van der Waals surface area contributed by atoms with E-state index in [4.69, 9.17) is 16.3 Å². The number of ether oxygens (including phenoxy) is 1. The highest BCUT2D eigenvalue weighted by molar-refractivity contribution is 9.10. The molecular formula is C24H20BrClN4O3S. The van der Waals surface area contributed by atoms with E-state index in [0.717, 1.165) is 15.7 Å². The fourth-order valence-electron chi connectivity index (χ4n) is 3.34. The zero-order valence-electron chi connectivity index (χ0n) is 18.1. The Bertz CT molecular complexity index is 1290. The third kappa shape index (κ3) is 5.97. The molecule has 0 saturated heterocycles. The van der Waals surface area contributed by atoms with E-state index in [2.05, 4.69) is 26.1 Å². The number of hydrogen-bond donors (Lipinski definition) is 0. The number of nitrogens with zero attached hydrogens (tertiary/aromatic N) is 4. The molecule has 0 spiro atoms. The summed E-state index contributed by atoms with van der Waals surface area (Å²) in [7, 11) is 0. The number of hydrogen-bond acceptors (Lipinski definition) is 6. The molecule has 4 aromatic rings. The van der Waals surface area contributed by atoms with Crippen LogP contribution in [-0.2, 0) is 6.61 Å². The number of para-hydroxylation sites is 1. The van der Waals surface area contributed by atoms with Crippen molar-refractivity contribution in [3.05, 3.63) is 109 Å². The van der Waals surface area contributed by atoms with Crippen molar-refractivity contribution in [1.82, 2.24) is 14.8 Å². The Balaban J connectivity index is 1.56. The van der Waals surface area contributed by atoms with Crippen LogP contribution >= 0.6 is 39.3 Å². The van der Waals surface area contributed by atoms with Crippen LogP contribution in [0.5, 0.6) is 5.75 Å². The van der Waals surface area contributed by atoms with Crippen molar-refractivity contribution < 1.29 is 9.66 Å². The van der Waals surface area contributed by atoms with Gasteiger partial charge in [-0.15, -0.1) is 10.2 Å². The standard InChI is InChI=1S/C24H20BrClN4O3S/c1-16-27-28-24(30(16)20-5-3-2-4-6-20)34-23(14-29(31)32)18-9-12-22(21(26)13-18)33-15-17-7-10-19(25)11-8-17/h2-13,23H,14-15H2,1H3/t23-/m1/s1. The molecule has 0 unspecified atom stereocenters. The van der Waals surface area contributed by atoms with Gasteiger partial charge in [-0.05, 0) is 54.4 Å². The van der Waals surface area contributed by atoms with E-state index < -0.39 is 5.25 Å². The van der Waals surface area contributed by atoms with Crippen molar-refractivity contribution in [1.29, 1.82) is 0 Å². The summed E-state index contributed by atoms with van der Waals surface area (Å²) in [6.07, 6.45) is 0. The van der Waals surface area contributed by atoms with Gasteiger partial charge in [0.2, 0.25) is 6.54 Å². The lowest BCUT2D eigenvalue weighted by molar-refractivity contribution is -0.479. The van der Waals surface area contributed by atoms with Crippen LogP contribution in [-0.4, -0.2) is 26.2 Å². The third-order valence-corrected chi connectivity index (χ3v) is 7.01. The van der Waals surface area contributed by atoms with Gasteiger partial charge in [0.05, 0.1) is 5.02 Å². The van der Waals surface area contributed by atoms with Gasteiger partial charge in [-0.3, -0.25) is 14.7 Å². The van der Waals surface area contributed by atoms with E-state index in [-0.39, 0.29) is 11.5 Å². The van der Waals surface area contributed by atoms with Crippen molar-refractivity contribution in [3.8, 4) is 11.4 Å². The first-order valence-electron chi connectivity index (χ1n) is 10.3. The van der Waals surface area contributed by atoms with Crippen LogP contribution in [0.15, 0.2) is 82.4 Å². The Morgan fingerprint density at radius 1 is 1.12 bits per heavy atom. The molecule has 174 valence electrons. The zero-order chi connectivity index (χ0) is 24.1. The first-order valence-corrected chi connectivity index (χ1v) is 12.4. The lowest BCUT2D eigenvalue weighted by Crippen LogP contribution is -2.11. The number of thioether (sulfide) groups is 1. The molecule has 1 aromatic heterocycles. The fourth-order valence-corrected chi connectivity index (χ4v) is 5.02. The summed E-state index contributed by atoms with van der Waals surface area (Å²) in [6.45, 7) is 1.92. The lowest BCUT2D eigenvalue weighted by atomic mass is 10.1. The highest BCUT2D eigenvalue weighted by atomic mass is 79.9. The third-order valence-electron chi connectivity index (χ3n) is 5.01. The minimum Gasteiger partial charge on any atom is -0.487 e. The predicted octanol–water partition coefficient (Wildman–Crippen LogP) is 6.68. The summed E-state index contributed by atoms with van der Waals surface area (Å²) in [5.74, 6) is 1.21. The molecule has 0 aliphatic rings. The maximum absolute atomic E-state index is 11.5. The topological polar surface area (TPSA) is 83.1 Å². The molecule has 0 amide bonds. The van der Waals surface area contributed by atoms with E-state index in [9.17, 15) is 10.1 Å². The monoisotopic (exact) mass is 558 g/mol. The molecule has 0 radical (unpaired) electrons. The van der Waals surface area contributed by atoms with Gasteiger partial charge in [0, 0.05) is 15.1 Å². The van der Waals surface area contributed by atoms with Crippen molar-refractivity contribution in [2.24, 2.45) is 0 Å². The Morgan fingerprint density at radius 3 is 2.53 bits per heavy atom. The number of aromatic nitrogens is 3. The van der Waals surface area contributed by atoms with Gasteiger partial charge in [0.15, 0.2) is 5.16 Å². The van der Waals surface area contributed by atoms with Crippen molar-refractivity contribution in [3.63, 3.8) is 0 Å². The van der Waals surface area contributed by atoms with E-state index >= 15 is 0 Å². The zero-order valence-corrected chi connectivity index (χ0v) is 21.3. The van der Waals surface area contributed by atoms with Gasteiger partial charge >= 0.3 is 0 Å². The Labute approximate surface area is 214 Å². The van der Waals surface area contributed by atoms with Gasteiger partial charge in [-0.2, -0.15) is 0 Å². The SMILES string of the molecule is Cc1nnc(S[C@H](C[N+](=O)[O-])c2ccc(OCc3ccc(Br)cc3)c(Cl)c2)n1-c1ccccc1. The molecule has 0 N–H and O–H groups in total. The Kier molecular flexibility index (Phi) is 7.87. The molecule has 0 aliphatic carbocycles. The smallest absolute Gasteiger partial charge is 0.220 e. The van der Waals surface area contributed by atoms with Gasteiger partial charge in [0.25, 0.3) is 0 Å². The number of rotatable bonds is 9. The van der Waals surface area contributed by atoms with Gasteiger partial charge in [0.1, 0.15) is 23.4 Å². The quantitative estimate of drug-likeness (QED) is 0.129. The van der Waals surface area contributed by atoms with E-state index in [1.54, 1.807) is 18.2 Å². The second-order valence-electron chi connectivity index (χ2n) is 7.43. The lowest BCUT2D eigenvalue weighted by Gasteiger charge is -2.16. The van der Waals surface area contributed by atoms with Crippen LogP contribution in [0.4, 0.5) is 0 Å². The molecule has 10 heteroatoms. The average molecular weight is 560 g/mol. The van der Waals surface area contributed by atoms with E-state index in [1.807, 2.05) is 66.1 Å². The Hall–Kier alpha value is -2.88. The molecule has 7 nitrogen and oxygen atoms in total. The van der Waals surface area contributed by atoms with Crippen LogP contribution in [0, 0.1) is 17.0 Å². The summed E-state index contributed by atoms with van der Waals surface area (Å²) < 4.78 is 8.74. The molecule has 4 rings (SSSR count). The molecule has 0 fully saturated rings. The summed E-state index contributed by atoms with van der Waals surface area (Å²) in [4.78, 5) is 11.1. The second-order valence-corrected chi connectivity index (χ2v) is 9.92. The number of aryl methyl sites for hydroxylation is 1. The van der Waals surface area contributed by atoms with E-state index in [1.165, 1.54) is 11.8 Å². The van der Waals surface area contributed by atoms with Gasteiger partial charge < -0.3 is 4.74 Å². The summed E-state index contributed by atoms with van der Waals surface area (Å²) in [6, 6.07) is 22.7. The first kappa shape index (κ1) is 24.3. The second kappa shape index (κ2) is 11.0. The number of nitro groups is 1. The normalized spacial score (nSPS) is 11.9. The molecular weight excluding hydrogens is 540 g/mol. The highest BCUT2D eigenvalue weighted by Crippen LogP contribution is 2.38. The first-order chi connectivity index (χ1) is 16.4. The number of benzene rings is 3.